The van der Waals surface area contributed by atoms with Crippen molar-refractivity contribution in [2.45, 2.75) is 13.5 Å². The zero-order valence-electron chi connectivity index (χ0n) is 10.6. The molecule has 2 aromatic carbocycles. The van der Waals surface area contributed by atoms with Gasteiger partial charge >= 0.3 is 0 Å². The van der Waals surface area contributed by atoms with Gasteiger partial charge in [0.25, 0.3) is 0 Å². The van der Waals surface area contributed by atoms with Crippen LogP contribution in [-0.4, -0.2) is 5.11 Å². The molecular formula is C16H14O2S. The molecule has 0 aliphatic carbocycles. The van der Waals surface area contributed by atoms with Crippen molar-refractivity contribution in [1.29, 1.82) is 0 Å². The number of hydrogen-bond acceptors (Lipinski definition) is 3. The Balaban J connectivity index is 1.82. The molecule has 0 unspecified atom stereocenters. The summed E-state index contributed by atoms with van der Waals surface area (Å²) in [4.78, 5) is 0. The molecule has 1 N–H and O–H groups in total. The largest absolute Gasteiger partial charge is 0.508 e. The Hall–Kier alpha value is -2.00. The summed E-state index contributed by atoms with van der Waals surface area (Å²) in [6.45, 7) is 2.62. The van der Waals surface area contributed by atoms with Crippen molar-refractivity contribution in [3.8, 4) is 11.5 Å². The second-order valence-corrected chi connectivity index (χ2v) is 5.46. The van der Waals surface area contributed by atoms with Crippen molar-refractivity contribution in [2.75, 3.05) is 0 Å². The molecule has 0 fully saturated rings. The standard InChI is InChI=1S/C16H14O2S/c1-11-5-6-15-12(10-19-16(15)7-11)9-18-14-4-2-3-13(17)8-14/h2-8,10,17H,9H2,1H3. The van der Waals surface area contributed by atoms with Gasteiger partial charge in [-0.25, -0.2) is 0 Å². The number of fused-ring (bicyclic) bond motifs is 1. The first-order valence-electron chi connectivity index (χ1n) is 6.11. The number of ether oxygens (including phenoxy) is 1. The quantitative estimate of drug-likeness (QED) is 0.759. The number of thiophene rings is 1. The average molecular weight is 270 g/mol. The van der Waals surface area contributed by atoms with Crippen molar-refractivity contribution in [3.05, 3.63) is 59.0 Å². The molecule has 1 heterocycles. The van der Waals surface area contributed by atoms with Crippen LogP contribution in [0.5, 0.6) is 11.5 Å². The Bertz CT molecular complexity index is 716. The lowest BCUT2D eigenvalue weighted by atomic mass is 10.1. The minimum atomic E-state index is 0.225. The molecule has 1 aromatic heterocycles. The molecule has 0 bridgehead atoms. The fourth-order valence-corrected chi connectivity index (χ4v) is 3.08. The lowest BCUT2D eigenvalue weighted by Gasteiger charge is -2.05. The molecule has 96 valence electrons. The Kier molecular flexibility index (Phi) is 3.13. The Morgan fingerprint density at radius 1 is 1.16 bits per heavy atom. The van der Waals surface area contributed by atoms with E-state index < -0.39 is 0 Å². The number of phenols is 1. The minimum Gasteiger partial charge on any atom is -0.508 e. The third-order valence-corrected chi connectivity index (χ3v) is 4.02. The summed E-state index contributed by atoms with van der Waals surface area (Å²) < 4.78 is 7.00. The highest BCUT2D eigenvalue weighted by Gasteiger charge is 2.05. The lowest BCUT2D eigenvalue weighted by molar-refractivity contribution is 0.306. The van der Waals surface area contributed by atoms with Crippen molar-refractivity contribution in [3.63, 3.8) is 0 Å². The van der Waals surface area contributed by atoms with Gasteiger partial charge in [0.05, 0.1) is 0 Å². The molecular weight excluding hydrogens is 256 g/mol. The summed E-state index contributed by atoms with van der Waals surface area (Å²) in [5.41, 5.74) is 2.46. The Labute approximate surface area is 115 Å². The smallest absolute Gasteiger partial charge is 0.123 e. The normalized spacial score (nSPS) is 10.8. The van der Waals surface area contributed by atoms with Crippen LogP contribution in [-0.2, 0) is 6.61 Å². The maximum Gasteiger partial charge on any atom is 0.123 e. The summed E-state index contributed by atoms with van der Waals surface area (Å²) in [5.74, 6) is 0.912. The molecule has 19 heavy (non-hydrogen) atoms. The van der Waals surface area contributed by atoms with E-state index in [1.54, 1.807) is 29.5 Å². The average Bonchev–Trinajstić information content (AvgIpc) is 2.78. The van der Waals surface area contributed by atoms with E-state index in [4.69, 9.17) is 4.74 Å². The molecule has 0 amide bonds. The molecule has 0 saturated heterocycles. The molecule has 0 saturated carbocycles. The number of benzene rings is 2. The van der Waals surface area contributed by atoms with Crippen molar-refractivity contribution in [1.82, 2.24) is 0 Å². The second kappa shape index (κ2) is 4.94. The van der Waals surface area contributed by atoms with E-state index in [2.05, 4.69) is 30.5 Å². The van der Waals surface area contributed by atoms with Crippen LogP contribution >= 0.6 is 11.3 Å². The molecule has 0 aliphatic heterocycles. The highest BCUT2D eigenvalue weighted by atomic mass is 32.1. The van der Waals surface area contributed by atoms with Crippen LogP contribution in [0, 0.1) is 6.92 Å². The molecule has 0 aliphatic rings. The molecule has 2 nitrogen and oxygen atoms in total. The van der Waals surface area contributed by atoms with Gasteiger partial charge in [0, 0.05) is 16.3 Å². The highest BCUT2D eigenvalue weighted by molar-refractivity contribution is 7.17. The topological polar surface area (TPSA) is 29.5 Å². The van der Waals surface area contributed by atoms with E-state index in [-0.39, 0.29) is 5.75 Å². The fraction of sp³-hybridized carbons (Fsp3) is 0.125. The fourth-order valence-electron chi connectivity index (χ4n) is 2.04. The zero-order chi connectivity index (χ0) is 13.2. The van der Waals surface area contributed by atoms with Crippen LogP contribution in [0.25, 0.3) is 10.1 Å². The molecule has 3 aromatic rings. The van der Waals surface area contributed by atoms with Gasteiger partial charge in [0.1, 0.15) is 18.1 Å². The van der Waals surface area contributed by atoms with Crippen molar-refractivity contribution < 1.29 is 9.84 Å². The number of hydrogen-bond donors (Lipinski definition) is 1. The first-order chi connectivity index (χ1) is 9.22. The third-order valence-electron chi connectivity index (χ3n) is 3.02. The first kappa shape index (κ1) is 12.1. The van der Waals surface area contributed by atoms with E-state index >= 15 is 0 Å². The Morgan fingerprint density at radius 2 is 2.05 bits per heavy atom. The van der Waals surface area contributed by atoms with Gasteiger partial charge in [-0.1, -0.05) is 18.2 Å². The molecule has 3 rings (SSSR count). The van der Waals surface area contributed by atoms with Gasteiger partial charge in [-0.15, -0.1) is 11.3 Å². The zero-order valence-corrected chi connectivity index (χ0v) is 11.4. The van der Waals surface area contributed by atoms with Crippen LogP contribution in [0.4, 0.5) is 0 Å². The summed E-state index contributed by atoms with van der Waals surface area (Å²) in [6.07, 6.45) is 0. The molecule has 0 spiro atoms. The van der Waals surface area contributed by atoms with Crippen molar-refractivity contribution in [2.24, 2.45) is 0 Å². The van der Waals surface area contributed by atoms with Gasteiger partial charge in [0.2, 0.25) is 0 Å². The first-order valence-corrected chi connectivity index (χ1v) is 6.99. The van der Waals surface area contributed by atoms with Gasteiger partial charge in [0.15, 0.2) is 0 Å². The number of aryl methyl sites for hydroxylation is 1. The lowest BCUT2D eigenvalue weighted by Crippen LogP contribution is -1.93. The van der Waals surface area contributed by atoms with Crippen LogP contribution in [0.1, 0.15) is 11.1 Å². The maximum absolute atomic E-state index is 9.39. The third kappa shape index (κ3) is 2.56. The summed E-state index contributed by atoms with van der Waals surface area (Å²) >= 11 is 1.74. The molecule has 3 heteroatoms. The number of rotatable bonds is 3. The van der Waals surface area contributed by atoms with Crippen molar-refractivity contribution >= 4 is 21.4 Å². The second-order valence-electron chi connectivity index (χ2n) is 4.55. The number of aromatic hydroxyl groups is 1. The predicted octanol–water partition coefficient (Wildman–Crippen LogP) is 4.49. The maximum atomic E-state index is 9.39. The summed E-state index contributed by atoms with van der Waals surface area (Å²) in [5, 5.41) is 12.8. The van der Waals surface area contributed by atoms with Crippen LogP contribution in [0.2, 0.25) is 0 Å². The highest BCUT2D eigenvalue weighted by Crippen LogP contribution is 2.28. The summed E-state index contributed by atoms with van der Waals surface area (Å²) in [7, 11) is 0. The van der Waals surface area contributed by atoms with E-state index in [1.807, 2.05) is 6.07 Å². The van der Waals surface area contributed by atoms with E-state index in [0.717, 1.165) is 0 Å². The predicted molar refractivity (Wildman–Crippen MR) is 79.0 cm³/mol. The number of phenolic OH excluding ortho intramolecular Hbond substituents is 1. The van der Waals surface area contributed by atoms with E-state index in [0.29, 0.717) is 12.4 Å². The van der Waals surface area contributed by atoms with Crippen LogP contribution in [0.3, 0.4) is 0 Å². The van der Waals surface area contributed by atoms with E-state index in [9.17, 15) is 5.11 Å². The van der Waals surface area contributed by atoms with Gasteiger partial charge in [-0.05, 0) is 41.5 Å². The van der Waals surface area contributed by atoms with Gasteiger partial charge < -0.3 is 9.84 Å². The summed E-state index contributed by atoms with van der Waals surface area (Å²) in [6, 6.07) is 13.3. The Morgan fingerprint density at radius 3 is 2.89 bits per heavy atom. The molecule has 0 atom stereocenters. The van der Waals surface area contributed by atoms with Crippen LogP contribution < -0.4 is 4.74 Å². The van der Waals surface area contributed by atoms with Gasteiger partial charge in [-0.2, -0.15) is 0 Å². The van der Waals surface area contributed by atoms with E-state index in [1.165, 1.54) is 21.2 Å². The van der Waals surface area contributed by atoms with Crippen LogP contribution in [0.15, 0.2) is 47.8 Å². The monoisotopic (exact) mass is 270 g/mol. The SMILES string of the molecule is Cc1ccc2c(COc3cccc(O)c3)csc2c1. The molecule has 0 radical (unpaired) electrons. The van der Waals surface area contributed by atoms with Gasteiger partial charge in [-0.3, -0.25) is 0 Å². The minimum absolute atomic E-state index is 0.225.